The molecule has 0 saturated heterocycles. The van der Waals surface area contributed by atoms with Crippen molar-refractivity contribution in [1.29, 1.82) is 0 Å². The Morgan fingerprint density at radius 2 is 1.78 bits per heavy atom. The SMILES string of the molecule is CC[C@H](C(=O)NCC(C)C)N(Cc1cccc(OC)c1)C(=O)CN(c1cccc(Cl)c1Cl)S(C)(=O)=O. The number of nitrogens with zero attached hydrogens (tertiary/aromatic N) is 2. The molecule has 2 aromatic carbocycles. The first kappa shape index (κ1) is 29.7. The van der Waals surface area contributed by atoms with E-state index in [-0.39, 0.29) is 34.1 Å². The topological polar surface area (TPSA) is 96.0 Å². The Hall–Kier alpha value is -2.49. The van der Waals surface area contributed by atoms with Crippen LogP contribution < -0.4 is 14.4 Å². The summed E-state index contributed by atoms with van der Waals surface area (Å²) in [5.41, 5.74) is 0.808. The highest BCUT2D eigenvalue weighted by Crippen LogP contribution is 2.33. The molecular formula is C25H33Cl2N3O5S. The van der Waals surface area contributed by atoms with Crippen LogP contribution in [0.25, 0.3) is 0 Å². The predicted octanol–water partition coefficient (Wildman–Crippen LogP) is 4.35. The van der Waals surface area contributed by atoms with Crippen LogP contribution in [0.5, 0.6) is 5.75 Å². The lowest BCUT2D eigenvalue weighted by Crippen LogP contribution is -2.52. The van der Waals surface area contributed by atoms with Gasteiger partial charge in [0, 0.05) is 13.1 Å². The quantitative estimate of drug-likeness (QED) is 0.418. The second kappa shape index (κ2) is 13.2. The van der Waals surface area contributed by atoms with E-state index in [1.807, 2.05) is 19.9 Å². The number of hydrogen-bond donors (Lipinski definition) is 1. The molecule has 0 bridgehead atoms. The van der Waals surface area contributed by atoms with Gasteiger partial charge in [-0.05, 0) is 42.2 Å². The minimum absolute atomic E-state index is 0.0125. The number of amides is 2. The largest absolute Gasteiger partial charge is 0.497 e. The summed E-state index contributed by atoms with van der Waals surface area (Å²) < 4.78 is 31.6. The van der Waals surface area contributed by atoms with Gasteiger partial charge >= 0.3 is 0 Å². The molecule has 0 heterocycles. The van der Waals surface area contributed by atoms with Crippen molar-refractivity contribution in [2.75, 3.05) is 30.8 Å². The zero-order chi connectivity index (χ0) is 27.0. The van der Waals surface area contributed by atoms with Crippen LogP contribution in [0.1, 0.15) is 32.8 Å². The second-order valence-corrected chi connectivity index (χ2v) is 11.5. The molecule has 0 unspecified atom stereocenters. The van der Waals surface area contributed by atoms with Gasteiger partial charge in [-0.3, -0.25) is 13.9 Å². The number of benzene rings is 2. The first-order valence-corrected chi connectivity index (χ1v) is 14.1. The summed E-state index contributed by atoms with van der Waals surface area (Å²) in [6.45, 7) is 5.71. The molecule has 2 aromatic rings. The van der Waals surface area contributed by atoms with Crippen molar-refractivity contribution in [2.45, 2.75) is 39.8 Å². The van der Waals surface area contributed by atoms with Crippen molar-refractivity contribution in [3.05, 3.63) is 58.1 Å². The lowest BCUT2D eigenvalue weighted by atomic mass is 10.1. The van der Waals surface area contributed by atoms with Crippen LogP contribution in [0, 0.1) is 5.92 Å². The van der Waals surface area contributed by atoms with E-state index in [1.54, 1.807) is 31.2 Å². The van der Waals surface area contributed by atoms with Gasteiger partial charge in [-0.25, -0.2) is 8.42 Å². The maximum Gasteiger partial charge on any atom is 0.244 e. The minimum atomic E-state index is -3.92. The molecule has 1 atom stereocenters. The molecule has 0 saturated carbocycles. The normalized spacial score (nSPS) is 12.2. The van der Waals surface area contributed by atoms with Gasteiger partial charge < -0.3 is 15.0 Å². The van der Waals surface area contributed by atoms with Gasteiger partial charge in [0.05, 0.1) is 29.1 Å². The van der Waals surface area contributed by atoms with Crippen LogP contribution >= 0.6 is 23.2 Å². The number of carbonyl (C=O) groups excluding carboxylic acids is 2. The van der Waals surface area contributed by atoms with Crippen molar-refractivity contribution in [3.63, 3.8) is 0 Å². The van der Waals surface area contributed by atoms with Gasteiger partial charge in [0.15, 0.2) is 0 Å². The monoisotopic (exact) mass is 557 g/mol. The lowest BCUT2D eigenvalue weighted by Gasteiger charge is -2.33. The predicted molar refractivity (Wildman–Crippen MR) is 144 cm³/mol. The zero-order valence-electron chi connectivity index (χ0n) is 21.1. The summed E-state index contributed by atoms with van der Waals surface area (Å²) in [6, 6.07) is 10.9. The second-order valence-electron chi connectivity index (χ2n) is 8.78. The Bertz CT molecular complexity index is 1170. The molecule has 8 nitrogen and oxygen atoms in total. The third-order valence-electron chi connectivity index (χ3n) is 5.44. The van der Waals surface area contributed by atoms with Crippen LogP contribution in [0.4, 0.5) is 5.69 Å². The maximum atomic E-state index is 13.7. The summed E-state index contributed by atoms with van der Waals surface area (Å²) in [5.74, 6) is -0.0552. The average molecular weight is 559 g/mol. The van der Waals surface area contributed by atoms with Crippen molar-refractivity contribution < 1.29 is 22.7 Å². The average Bonchev–Trinajstić information content (AvgIpc) is 2.82. The summed E-state index contributed by atoms with van der Waals surface area (Å²) in [5, 5.41) is 3.05. The molecule has 2 rings (SSSR count). The number of ether oxygens (including phenoxy) is 1. The highest BCUT2D eigenvalue weighted by Gasteiger charge is 2.32. The van der Waals surface area contributed by atoms with E-state index in [2.05, 4.69) is 5.32 Å². The van der Waals surface area contributed by atoms with Crippen LogP contribution in [-0.2, 0) is 26.2 Å². The third-order valence-corrected chi connectivity index (χ3v) is 7.37. The lowest BCUT2D eigenvalue weighted by molar-refractivity contribution is -0.140. The fourth-order valence-corrected chi connectivity index (χ4v) is 4.89. The molecule has 36 heavy (non-hydrogen) atoms. The highest BCUT2D eigenvalue weighted by molar-refractivity contribution is 7.92. The number of carbonyl (C=O) groups is 2. The molecule has 11 heteroatoms. The minimum Gasteiger partial charge on any atom is -0.497 e. The molecule has 2 amide bonds. The van der Waals surface area contributed by atoms with Crippen molar-refractivity contribution in [3.8, 4) is 5.75 Å². The molecule has 0 aromatic heterocycles. The van der Waals surface area contributed by atoms with E-state index < -0.39 is 28.5 Å². The summed E-state index contributed by atoms with van der Waals surface area (Å²) in [7, 11) is -2.38. The Morgan fingerprint density at radius 1 is 1.11 bits per heavy atom. The van der Waals surface area contributed by atoms with Gasteiger partial charge in [0.25, 0.3) is 0 Å². The number of nitrogens with one attached hydrogen (secondary N) is 1. The standard InChI is InChI=1S/C25H33Cl2N3O5S/c1-6-21(25(32)28-14-17(2)3)29(15-18-9-7-10-19(13-18)35-4)23(31)16-30(36(5,33)34)22-12-8-11-20(26)24(22)27/h7-13,17,21H,6,14-16H2,1-5H3,(H,28,32)/t21-/m1/s1. The molecule has 0 fully saturated rings. The van der Waals surface area contributed by atoms with E-state index in [9.17, 15) is 18.0 Å². The Balaban J connectivity index is 2.48. The molecule has 0 radical (unpaired) electrons. The van der Waals surface area contributed by atoms with Crippen LogP contribution in [0.15, 0.2) is 42.5 Å². The molecular weight excluding hydrogens is 525 g/mol. The molecule has 0 spiro atoms. The van der Waals surface area contributed by atoms with Crippen molar-refractivity contribution in [2.24, 2.45) is 5.92 Å². The molecule has 1 N–H and O–H groups in total. The number of anilines is 1. The molecule has 0 aliphatic heterocycles. The van der Waals surface area contributed by atoms with Gasteiger partial charge in [-0.2, -0.15) is 0 Å². The number of methoxy groups -OCH3 is 1. The number of sulfonamides is 1. The van der Waals surface area contributed by atoms with E-state index in [1.165, 1.54) is 24.1 Å². The van der Waals surface area contributed by atoms with Crippen LogP contribution in [-0.4, -0.2) is 57.6 Å². The van der Waals surface area contributed by atoms with E-state index in [4.69, 9.17) is 27.9 Å². The third kappa shape index (κ3) is 8.01. The number of hydrogen-bond acceptors (Lipinski definition) is 5. The Labute approximate surface area is 223 Å². The van der Waals surface area contributed by atoms with Crippen LogP contribution in [0.2, 0.25) is 10.0 Å². The van der Waals surface area contributed by atoms with Gasteiger partial charge in [0.1, 0.15) is 18.3 Å². The van der Waals surface area contributed by atoms with E-state index in [0.29, 0.717) is 18.7 Å². The smallest absolute Gasteiger partial charge is 0.244 e. The Morgan fingerprint density at radius 3 is 2.36 bits per heavy atom. The van der Waals surface area contributed by atoms with Crippen molar-refractivity contribution in [1.82, 2.24) is 10.2 Å². The Kier molecular flexibility index (Phi) is 10.9. The van der Waals surface area contributed by atoms with Crippen LogP contribution in [0.3, 0.4) is 0 Å². The fraction of sp³-hybridized carbons (Fsp3) is 0.440. The first-order valence-electron chi connectivity index (χ1n) is 11.5. The first-order chi connectivity index (χ1) is 16.9. The summed E-state index contributed by atoms with van der Waals surface area (Å²) in [4.78, 5) is 28.2. The zero-order valence-corrected chi connectivity index (χ0v) is 23.5. The maximum absolute atomic E-state index is 13.7. The number of rotatable bonds is 12. The van der Waals surface area contributed by atoms with E-state index >= 15 is 0 Å². The van der Waals surface area contributed by atoms with Gasteiger partial charge in [-0.15, -0.1) is 0 Å². The summed E-state index contributed by atoms with van der Waals surface area (Å²) in [6.07, 6.45) is 1.31. The summed E-state index contributed by atoms with van der Waals surface area (Å²) >= 11 is 12.4. The highest BCUT2D eigenvalue weighted by atomic mass is 35.5. The molecule has 0 aliphatic carbocycles. The molecule has 0 aliphatic rings. The number of halogens is 2. The van der Waals surface area contributed by atoms with Gasteiger partial charge in [-0.1, -0.05) is 62.2 Å². The molecule has 198 valence electrons. The van der Waals surface area contributed by atoms with Crippen molar-refractivity contribution >= 4 is 50.7 Å². The van der Waals surface area contributed by atoms with E-state index in [0.717, 1.165) is 16.1 Å². The van der Waals surface area contributed by atoms with Gasteiger partial charge in [0.2, 0.25) is 21.8 Å². The fourth-order valence-electron chi connectivity index (χ4n) is 3.59.